The van der Waals surface area contributed by atoms with E-state index >= 15 is 0 Å². The number of thioether (sulfide) groups is 1. The fourth-order valence-electron chi connectivity index (χ4n) is 5.02. The highest BCUT2D eigenvalue weighted by atomic mass is 32.2. The second-order valence-corrected chi connectivity index (χ2v) is 9.80. The molecule has 3 aromatic rings. The van der Waals surface area contributed by atoms with Crippen LogP contribution in [0.3, 0.4) is 0 Å². The van der Waals surface area contributed by atoms with Crippen LogP contribution in [0, 0.1) is 5.92 Å². The van der Waals surface area contributed by atoms with Gasteiger partial charge in [-0.15, -0.1) is 10.2 Å². The van der Waals surface area contributed by atoms with Crippen molar-refractivity contribution in [2.24, 2.45) is 13.0 Å². The number of halogens is 3. The van der Waals surface area contributed by atoms with E-state index in [-0.39, 0.29) is 6.04 Å². The van der Waals surface area contributed by atoms with Gasteiger partial charge in [-0.3, -0.25) is 4.98 Å². The van der Waals surface area contributed by atoms with Gasteiger partial charge in [-0.2, -0.15) is 13.2 Å². The summed E-state index contributed by atoms with van der Waals surface area (Å²) in [6, 6.07) is 6.11. The van der Waals surface area contributed by atoms with E-state index in [9.17, 15) is 13.2 Å². The molecule has 0 bridgehead atoms. The second-order valence-electron chi connectivity index (χ2n) is 8.74. The molecule has 180 valence electrons. The van der Waals surface area contributed by atoms with Crippen LogP contribution < -0.4 is 4.90 Å². The Labute approximate surface area is 200 Å². The number of rotatable bonds is 7. The highest BCUT2D eigenvalue weighted by molar-refractivity contribution is 7.99. The third-order valence-electron chi connectivity index (χ3n) is 6.62. The van der Waals surface area contributed by atoms with Crippen molar-refractivity contribution in [3.63, 3.8) is 0 Å². The Morgan fingerprint density at radius 1 is 1.12 bits per heavy atom. The van der Waals surface area contributed by atoms with Gasteiger partial charge in [0, 0.05) is 56.6 Å². The Morgan fingerprint density at radius 3 is 2.76 bits per heavy atom. The summed E-state index contributed by atoms with van der Waals surface area (Å²) in [6.07, 6.45) is 2.49. The maximum Gasteiger partial charge on any atom is 0.418 e. The quantitative estimate of drug-likeness (QED) is 0.367. The summed E-state index contributed by atoms with van der Waals surface area (Å²) in [6.45, 7) is 3.36. The predicted molar refractivity (Wildman–Crippen MR) is 124 cm³/mol. The first-order valence-electron chi connectivity index (χ1n) is 11.4. The Kier molecular flexibility index (Phi) is 6.48. The summed E-state index contributed by atoms with van der Waals surface area (Å²) in [7, 11) is 1.92. The molecular weight excluding hydrogens is 463 g/mol. The molecule has 34 heavy (non-hydrogen) atoms. The number of hydrogen-bond donors (Lipinski definition) is 0. The summed E-state index contributed by atoms with van der Waals surface area (Å²) in [5, 5.41) is 9.34. The molecule has 2 atom stereocenters. The molecule has 4 heterocycles. The number of benzene rings is 1. The van der Waals surface area contributed by atoms with E-state index < -0.39 is 11.7 Å². The van der Waals surface area contributed by atoms with Crippen molar-refractivity contribution in [3.8, 4) is 11.5 Å². The van der Waals surface area contributed by atoms with Gasteiger partial charge in [0.05, 0.1) is 11.8 Å². The minimum absolute atomic E-state index is 0.143. The largest absolute Gasteiger partial charge is 0.418 e. The lowest BCUT2D eigenvalue weighted by molar-refractivity contribution is -0.137. The maximum atomic E-state index is 13.5. The lowest BCUT2D eigenvalue weighted by Crippen LogP contribution is -2.36. The van der Waals surface area contributed by atoms with Gasteiger partial charge in [0.2, 0.25) is 0 Å². The number of hydrogen-bond acceptors (Lipinski definition) is 7. The SMILES string of the molecule is Cn1c(SCCCN2C[C@H]3CCN(c4ccccc4C(F)(F)F)[C@H]3C2)nnc1-c1cnccn1. The fourth-order valence-corrected chi connectivity index (χ4v) is 5.86. The zero-order valence-electron chi connectivity index (χ0n) is 18.8. The highest BCUT2D eigenvalue weighted by Crippen LogP contribution is 2.41. The summed E-state index contributed by atoms with van der Waals surface area (Å²) >= 11 is 1.65. The van der Waals surface area contributed by atoms with Gasteiger partial charge in [0.15, 0.2) is 11.0 Å². The molecule has 2 aliphatic rings. The zero-order valence-corrected chi connectivity index (χ0v) is 19.6. The van der Waals surface area contributed by atoms with Crippen molar-refractivity contribution in [3.05, 3.63) is 48.4 Å². The van der Waals surface area contributed by atoms with E-state index in [1.165, 1.54) is 12.1 Å². The summed E-state index contributed by atoms with van der Waals surface area (Å²) < 4.78 is 42.5. The molecule has 0 aliphatic carbocycles. The summed E-state index contributed by atoms with van der Waals surface area (Å²) in [5.41, 5.74) is 0.473. The fraction of sp³-hybridized carbons (Fsp3) is 0.478. The number of alkyl halides is 3. The summed E-state index contributed by atoms with van der Waals surface area (Å²) in [4.78, 5) is 12.7. The van der Waals surface area contributed by atoms with Crippen molar-refractivity contribution in [1.29, 1.82) is 0 Å². The van der Waals surface area contributed by atoms with Crippen molar-refractivity contribution in [2.45, 2.75) is 30.2 Å². The first-order chi connectivity index (χ1) is 16.4. The molecule has 7 nitrogen and oxygen atoms in total. The molecule has 2 aromatic heterocycles. The average molecular weight is 490 g/mol. The van der Waals surface area contributed by atoms with Crippen molar-refractivity contribution in [1.82, 2.24) is 29.6 Å². The molecule has 2 saturated heterocycles. The van der Waals surface area contributed by atoms with Crippen LogP contribution in [0.15, 0.2) is 48.0 Å². The first kappa shape index (κ1) is 23.1. The predicted octanol–water partition coefficient (Wildman–Crippen LogP) is 3.98. The molecule has 0 N–H and O–H groups in total. The number of anilines is 1. The third-order valence-corrected chi connectivity index (χ3v) is 7.73. The van der Waals surface area contributed by atoms with Crippen LogP contribution in [0.1, 0.15) is 18.4 Å². The minimum Gasteiger partial charge on any atom is -0.366 e. The molecule has 2 fully saturated rings. The van der Waals surface area contributed by atoms with Gasteiger partial charge in [-0.1, -0.05) is 23.9 Å². The van der Waals surface area contributed by atoms with E-state index in [1.807, 2.05) is 16.5 Å². The standard InChI is InChI=1S/C23H26F3N7S/c1-31-21(18-13-27-8-9-28-18)29-30-22(31)34-12-4-10-32-14-16-7-11-33(20(16)15-32)19-6-3-2-5-17(19)23(24,25)26/h2-3,5-6,8-9,13,16,20H,4,7,10-12,14-15H2,1H3/t16-,20+/m1/s1. The van der Waals surface area contributed by atoms with Crippen molar-refractivity contribution < 1.29 is 13.2 Å². The molecule has 5 rings (SSSR count). The van der Waals surface area contributed by atoms with Crippen molar-refractivity contribution >= 4 is 17.4 Å². The van der Waals surface area contributed by atoms with E-state index in [0.717, 1.165) is 43.4 Å². The second kappa shape index (κ2) is 9.53. The molecule has 11 heteroatoms. The van der Waals surface area contributed by atoms with Crippen LogP contribution in [0.25, 0.3) is 11.5 Å². The Bertz CT molecular complexity index is 1120. The van der Waals surface area contributed by atoms with Gasteiger partial charge in [0.1, 0.15) is 5.69 Å². The van der Waals surface area contributed by atoms with E-state index in [1.54, 1.807) is 42.5 Å². The topological polar surface area (TPSA) is 63.0 Å². The van der Waals surface area contributed by atoms with E-state index in [2.05, 4.69) is 25.1 Å². The minimum atomic E-state index is -4.34. The Balaban J connectivity index is 1.15. The normalized spacial score (nSPS) is 20.8. The molecule has 0 spiro atoms. The monoisotopic (exact) mass is 489 g/mol. The number of fused-ring (bicyclic) bond motifs is 1. The van der Waals surface area contributed by atoms with Gasteiger partial charge in [-0.25, -0.2) is 4.98 Å². The lowest BCUT2D eigenvalue weighted by Gasteiger charge is -2.29. The first-order valence-corrected chi connectivity index (χ1v) is 12.3. The van der Waals surface area contributed by atoms with Gasteiger partial charge >= 0.3 is 6.18 Å². The summed E-state index contributed by atoms with van der Waals surface area (Å²) in [5.74, 6) is 1.99. The van der Waals surface area contributed by atoms with Gasteiger partial charge in [-0.05, 0) is 37.4 Å². The smallest absolute Gasteiger partial charge is 0.366 e. The van der Waals surface area contributed by atoms with E-state index in [0.29, 0.717) is 29.7 Å². The van der Waals surface area contributed by atoms with Gasteiger partial charge in [0.25, 0.3) is 0 Å². The van der Waals surface area contributed by atoms with Crippen molar-refractivity contribution in [2.75, 3.05) is 36.8 Å². The maximum absolute atomic E-state index is 13.5. The van der Waals surface area contributed by atoms with Crippen LogP contribution in [-0.4, -0.2) is 67.6 Å². The molecule has 2 aliphatic heterocycles. The van der Waals surface area contributed by atoms with Crippen LogP contribution in [0.5, 0.6) is 0 Å². The number of para-hydroxylation sites is 1. The molecule has 1 aromatic carbocycles. The molecule has 0 saturated carbocycles. The molecular formula is C23H26F3N7S. The molecule has 0 unspecified atom stereocenters. The number of likely N-dealkylation sites (tertiary alicyclic amines) is 1. The van der Waals surface area contributed by atoms with Crippen LogP contribution >= 0.6 is 11.8 Å². The van der Waals surface area contributed by atoms with Crippen LogP contribution in [0.2, 0.25) is 0 Å². The van der Waals surface area contributed by atoms with Gasteiger partial charge < -0.3 is 14.4 Å². The third kappa shape index (κ3) is 4.63. The highest BCUT2D eigenvalue weighted by Gasteiger charge is 2.44. The van der Waals surface area contributed by atoms with E-state index in [4.69, 9.17) is 0 Å². The Morgan fingerprint density at radius 2 is 1.97 bits per heavy atom. The van der Waals surface area contributed by atoms with Crippen LogP contribution in [0.4, 0.5) is 18.9 Å². The molecule has 0 radical (unpaired) electrons. The molecule has 0 amide bonds. The Hall–Kier alpha value is -2.66. The lowest BCUT2D eigenvalue weighted by atomic mass is 10.0. The zero-order chi connectivity index (χ0) is 23.7. The van der Waals surface area contributed by atoms with Crippen LogP contribution in [-0.2, 0) is 13.2 Å². The average Bonchev–Trinajstić information content (AvgIpc) is 3.51. The number of nitrogens with zero attached hydrogens (tertiary/aromatic N) is 7. The number of aromatic nitrogens is 5.